The van der Waals surface area contributed by atoms with Crippen LogP contribution in [-0.2, 0) is 11.2 Å². The van der Waals surface area contributed by atoms with Gasteiger partial charge in [-0.15, -0.1) is 10.2 Å². The second-order valence-corrected chi connectivity index (χ2v) is 9.06. The van der Waals surface area contributed by atoms with Crippen molar-refractivity contribution in [3.05, 3.63) is 48.0 Å². The third-order valence-corrected chi connectivity index (χ3v) is 7.15. The number of aryl methyl sites for hydroxylation is 1. The Balaban J connectivity index is 1.27. The van der Waals surface area contributed by atoms with Gasteiger partial charge in [0.1, 0.15) is 12.2 Å². The van der Waals surface area contributed by atoms with Gasteiger partial charge in [-0.05, 0) is 49.5 Å². The summed E-state index contributed by atoms with van der Waals surface area (Å²) in [4.78, 5) is 15.2. The fourth-order valence-corrected chi connectivity index (χ4v) is 5.48. The minimum Gasteiger partial charge on any atom is -0.341 e. The zero-order valence-corrected chi connectivity index (χ0v) is 16.6. The number of benzene rings is 1. The first-order valence-electron chi connectivity index (χ1n) is 11.0. The lowest BCUT2D eigenvalue weighted by Crippen LogP contribution is -2.31. The highest BCUT2D eigenvalue weighted by atomic mass is 16.2. The highest BCUT2D eigenvalue weighted by Gasteiger charge is 2.51. The maximum Gasteiger partial charge on any atom is 0.222 e. The molecule has 1 aromatic heterocycles. The maximum absolute atomic E-state index is 13.0. The molecule has 148 valence electrons. The van der Waals surface area contributed by atoms with Crippen LogP contribution in [0, 0.1) is 5.41 Å². The summed E-state index contributed by atoms with van der Waals surface area (Å²) in [5.74, 6) is 1.82. The van der Waals surface area contributed by atoms with Crippen LogP contribution in [0.2, 0.25) is 0 Å². The van der Waals surface area contributed by atoms with Crippen LogP contribution >= 0.6 is 0 Å². The van der Waals surface area contributed by atoms with E-state index >= 15 is 0 Å². The van der Waals surface area contributed by atoms with Crippen molar-refractivity contribution in [2.75, 3.05) is 13.1 Å². The summed E-state index contributed by atoms with van der Waals surface area (Å²) >= 11 is 0. The second kappa shape index (κ2) is 7.34. The molecule has 1 spiro atoms. The fourth-order valence-electron chi connectivity index (χ4n) is 5.48. The molecule has 5 nitrogen and oxygen atoms in total. The van der Waals surface area contributed by atoms with Crippen molar-refractivity contribution in [3.8, 4) is 0 Å². The molecule has 2 aliphatic carbocycles. The first kappa shape index (κ1) is 17.9. The van der Waals surface area contributed by atoms with E-state index in [0.29, 0.717) is 24.3 Å². The molecule has 5 rings (SSSR count). The Bertz CT molecular complexity index is 820. The predicted molar refractivity (Wildman–Crippen MR) is 108 cm³/mol. The predicted octanol–water partition coefficient (Wildman–Crippen LogP) is 4.12. The molecule has 2 aromatic rings. The summed E-state index contributed by atoms with van der Waals surface area (Å²) in [5, 5.41) is 8.79. The smallest absolute Gasteiger partial charge is 0.222 e. The van der Waals surface area contributed by atoms with E-state index in [1.165, 1.54) is 44.1 Å². The fraction of sp³-hybridized carbons (Fsp3) is 0.609. The van der Waals surface area contributed by atoms with Crippen LogP contribution in [0.25, 0.3) is 0 Å². The standard InChI is InChI=1S/C23H30N4O/c28-21(10-6-9-18-7-2-1-3-8-18)26-15-20(23(16-26)13-4-5-14-23)22-25-24-17-27(22)19-11-12-19/h1-3,7-8,17,19-20H,4-6,9-16H2. The second-order valence-electron chi connectivity index (χ2n) is 9.06. The Morgan fingerprint density at radius 3 is 2.68 bits per heavy atom. The first-order valence-corrected chi connectivity index (χ1v) is 11.0. The lowest BCUT2D eigenvalue weighted by atomic mass is 9.76. The number of rotatable bonds is 6. The molecule has 2 heterocycles. The summed E-state index contributed by atoms with van der Waals surface area (Å²) in [6.45, 7) is 1.74. The van der Waals surface area contributed by atoms with Crippen molar-refractivity contribution in [3.63, 3.8) is 0 Å². The van der Waals surface area contributed by atoms with Crippen molar-refractivity contribution in [1.29, 1.82) is 0 Å². The van der Waals surface area contributed by atoms with E-state index in [-0.39, 0.29) is 5.41 Å². The van der Waals surface area contributed by atoms with Gasteiger partial charge >= 0.3 is 0 Å². The van der Waals surface area contributed by atoms with E-state index in [0.717, 1.165) is 31.8 Å². The van der Waals surface area contributed by atoms with Gasteiger partial charge in [-0.2, -0.15) is 0 Å². The van der Waals surface area contributed by atoms with Gasteiger partial charge < -0.3 is 9.47 Å². The molecule has 1 unspecified atom stereocenters. The number of likely N-dealkylation sites (tertiary alicyclic amines) is 1. The summed E-state index contributed by atoms with van der Waals surface area (Å²) in [6, 6.07) is 11.1. The maximum atomic E-state index is 13.0. The summed E-state index contributed by atoms with van der Waals surface area (Å²) in [6.07, 6.45) is 12.0. The quantitative estimate of drug-likeness (QED) is 0.760. The van der Waals surface area contributed by atoms with Crippen molar-refractivity contribution < 1.29 is 4.79 Å². The van der Waals surface area contributed by atoms with Crippen LogP contribution in [0.4, 0.5) is 0 Å². The van der Waals surface area contributed by atoms with Gasteiger partial charge in [0.2, 0.25) is 5.91 Å². The minimum atomic E-state index is 0.231. The molecule has 0 bridgehead atoms. The first-order chi connectivity index (χ1) is 13.8. The molecular formula is C23H30N4O. The van der Waals surface area contributed by atoms with Gasteiger partial charge in [-0.3, -0.25) is 4.79 Å². The normalized spacial score (nSPS) is 23.6. The van der Waals surface area contributed by atoms with E-state index in [9.17, 15) is 4.79 Å². The number of hydrogen-bond donors (Lipinski definition) is 0. The Hall–Kier alpha value is -2.17. The number of amides is 1. The van der Waals surface area contributed by atoms with Gasteiger partial charge in [0, 0.05) is 31.5 Å². The number of aromatic nitrogens is 3. The zero-order chi connectivity index (χ0) is 19.0. The van der Waals surface area contributed by atoms with Crippen molar-refractivity contribution in [1.82, 2.24) is 19.7 Å². The lowest BCUT2D eigenvalue weighted by molar-refractivity contribution is -0.130. The molecule has 1 aliphatic heterocycles. The third kappa shape index (κ3) is 3.36. The van der Waals surface area contributed by atoms with Crippen LogP contribution in [0.5, 0.6) is 0 Å². The highest BCUT2D eigenvalue weighted by Crippen LogP contribution is 2.54. The van der Waals surface area contributed by atoms with E-state index in [1.807, 2.05) is 12.4 Å². The molecule has 28 heavy (non-hydrogen) atoms. The molecule has 3 fully saturated rings. The van der Waals surface area contributed by atoms with Crippen LogP contribution in [-0.4, -0.2) is 38.7 Å². The average molecular weight is 379 g/mol. The molecule has 1 amide bonds. The molecule has 5 heteroatoms. The molecule has 1 aromatic carbocycles. The minimum absolute atomic E-state index is 0.231. The van der Waals surface area contributed by atoms with Crippen LogP contribution < -0.4 is 0 Å². The average Bonchev–Trinajstić information content (AvgIpc) is 3.13. The Morgan fingerprint density at radius 1 is 1.14 bits per heavy atom. The summed E-state index contributed by atoms with van der Waals surface area (Å²) < 4.78 is 2.31. The molecule has 1 atom stereocenters. The molecule has 2 saturated carbocycles. The largest absolute Gasteiger partial charge is 0.341 e. The molecular weight excluding hydrogens is 348 g/mol. The molecule has 1 saturated heterocycles. The number of carbonyl (C=O) groups is 1. The van der Waals surface area contributed by atoms with Crippen molar-refractivity contribution >= 4 is 5.91 Å². The van der Waals surface area contributed by atoms with Gasteiger partial charge in [0.25, 0.3) is 0 Å². The molecule has 3 aliphatic rings. The van der Waals surface area contributed by atoms with Crippen LogP contribution in [0.1, 0.15) is 74.7 Å². The van der Waals surface area contributed by atoms with E-state index in [2.05, 4.69) is 43.9 Å². The highest BCUT2D eigenvalue weighted by molar-refractivity contribution is 5.76. The number of hydrogen-bond acceptors (Lipinski definition) is 3. The Kier molecular flexibility index (Phi) is 4.69. The van der Waals surface area contributed by atoms with Gasteiger partial charge in [-0.25, -0.2) is 0 Å². The zero-order valence-electron chi connectivity index (χ0n) is 16.6. The van der Waals surface area contributed by atoms with Gasteiger partial charge in [-0.1, -0.05) is 43.2 Å². The van der Waals surface area contributed by atoms with Crippen LogP contribution in [0.15, 0.2) is 36.7 Å². The van der Waals surface area contributed by atoms with Crippen molar-refractivity contribution in [2.45, 2.75) is 69.7 Å². The lowest BCUT2D eigenvalue weighted by Gasteiger charge is -2.29. The third-order valence-electron chi connectivity index (χ3n) is 7.15. The van der Waals surface area contributed by atoms with E-state index in [1.54, 1.807) is 0 Å². The number of carbonyl (C=O) groups excluding carboxylic acids is 1. The summed E-state index contributed by atoms with van der Waals surface area (Å²) in [5.41, 5.74) is 1.55. The Labute approximate surface area is 167 Å². The number of nitrogens with zero attached hydrogens (tertiary/aromatic N) is 4. The van der Waals surface area contributed by atoms with Gasteiger partial charge in [0.15, 0.2) is 0 Å². The Morgan fingerprint density at radius 2 is 1.93 bits per heavy atom. The van der Waals surface area contributed by atoms with Crippen molar-refractivity contribution in [2.24, 2.45) is 5.41 Å². The van der Waals surface area contributed by atoms with Crippen LogP contribution in [0.3, 0.4) is 0 Å². The summed E-state index contributed by atoms with van der Waals surface area (Å²) in [7, 11) is 0. The topological polar surface area (TPSA) is 51.0 Å². The van der Waals surface area contributed by atoms with E-state index < -0.39 is 0 Å². The van der Waals surface area contributed by atoms with E-state index in [4.69, 9.17) is 0 Å². The van der Waals surface area contributed by atoms with Gasteiger partial charge in [0.05, 0.1) is 0 Å². The SMILES string of the molecule is O=C(CCCc1ccccc1)N1CC(c2nncn2C2CC2)C2(CCCC2)C1. The monoisotopic (exact) mass is 378 g/mol. The molecule has 0 radical (unpaired) electrons. The molecule has 0 N–H and O–H groups in total.